The number of halogens is 1. The van der Waals surface area contributed by atoms with E-state index in [0.29, 0.717) is 30.2 Å². The Hall–Kier alpha value is -1.59. The van der Waals surface area contributed by atoms with Gasteiger partial charge in [0, 0.05) is 36.3 Å². The number of nitrogens with two attached hydrogens (primary N) is 1. The van der Waals surface area contributed by atoms with Crippen molar-refractivity contribution in [1.29, 1.82) is 0 Å². The molecule has 1 aromatic carbocycles. The van der Waals surface area contributed by atoms with Crippen molar-refractivity contribution in [1.82, 2.24) is 10.2 Å². The van der Waals surface area contributed by atoms with Crippen molar-refractivity contribution >= 4 is 23.4 Å². The molecule has 1 heterocycles. The number of benzene rings is 1. The molecule has 2 amide bonds. The zero-order valence-corrected chi connectivity index (χ0v) is 15.6. The van der Waals surface area contributed by atoms with E-state index in [1.165, 1.54) is 0 Å². The number of amides is 2. The summed E-state index contributed by atoms with van der Waals surface area (Å²) in [5.41, 5.74) is 6.37. The van der Waals surface area contributed by atoms with Crippen LogP contribution in [0.1, 0.15) is 49.4 Å². The van der Waals surface area contributed by atoms with Gasteiger partial charge in [0.1, 0.15) is 0 Å². The fraction of sp³-hybridized carbons (Fsp3) is 0.579. The van der Waals surface area contributed by atoms with E-state index in [1.54, 1.807) is 29.2 Å². The van der Waals surface area contributed by atoms with Crippen LogP contribution in [-0.4, -0.2) is 42.4 Å². The monoisotopic (exact) mass is 365 g/mol. The van der Waals surface area contributed by atoms with E-state index < -0.39 is 0 Å². The summed E-state index contributed by atoms with van der Waals surface area (Å²) in [4.78, 5) is 27.0. The van der Waals surface area contributed by atoms with Crippen LogP contribution in [0.25, 0.3) is 0 Å². The molecule has 2 unspecified atom stereocenters. The number of carbonyl (C=O) groups excluding carboxylic acids is 2. The number of unbranched alkanes of at least 4 members (excludes halogenated alkanes) is 1. The first-order valence-electron chi connectivity index (χ1n) is 9.10. The highest BCUT2D eigenvalue weighted by Crippen LogP contribution is 2.20. The highest BCUT2D eigenvalue weighted by Gasteiger charge is 2.29. The molecule has 25 heavy (non-hydrogen) atoms. The van der Waals surface area contributed by atoms with Crippen molar-refractivity contribution in [2.45, 2.75) is 45.1 Å². The largest absolute Gasteiger partial charge is 0.352 e. The normalized spacial score (nSPS) is 18.7. The standard InChI is InChI=1S/C19H28ClN3O2/c1-2-3-6-17(12-21)22-18(24)15-5-4-11-23(13-15)19(25)14-7-9-16(20)10-8-14/h7-10,15,17H,2-6,11-13,21H2,1H3,(H,22,24). The molecule has 0 aromatic heterocycles. The number of hydrogen-bond donors (Lipinski definition) is 2. The molecule has 1 aromatic rings. The molecule has 0 saturated carbocycles. The van der Waals surface area contributed by atoms with E-state index in [9.17, 15) is 9.59 Å². The number of likely N-dealkylation sites (tertiary alicyclic amines) is 1. The molecule has 3 N–H and O–H groups in total. The molecule has 0 bridgehead atoms. The Labute approximate surface area is 154 Å². The summed E-state index contributed by atoms with van der Waals surface area (Å²) in [6.07, 6.45) is 4.67. The summed E-state index contributed by atoms with van der Waals surface area (Å²) < 4.78 is 0. The number of nitrogens with one attached hydrogen (secondary N) is 1. The number of piperidine rings is 1. The van der Waals surface area contributed by atoms with Gasteiger partial charge in [0.15, 0.2) is 0 Å². The molecular weight excluding hydrogens is 338 g/mol. The molecular formula is C19H28ClN3O2. The van der Waals surface area contributed by atoms with E-state index in [2.05, 4.69) is 12.2 Å². The van der Waals surface area contributed by atoms with Crippen molar-refractivity contribution in [3.63, 3.8) is 0 Å². The highest BCUT2D eigenvalue weighted by atomic mass is 35.5. The number of hydrogen-bond acceptors (Lipinski definition) is 3. The van der Waals surface area contributed by atoms with Crippen molar-refractivity contribution in [2.75, 3.05) is 19.6 Å². The van der Waals surface area contributed by atoms with Crippen LogP contribution in [0.15, 0.2) is 24.3 Å². The second-order valence-corrected chi connectivity index (χ2v) is 7.12. The number of carbonyl (C=O) groups is 2. The quantitative estimate of drug-likeness (QED) is 0.780. The molecule has 1 aliphatic rings. The number of nitrogens with zero attached hydrogens (tertiary/aromatic N) is 1. The van der Waals surface area contributed by atoms with Crippen LogP contribution in [0.2, 0.25) is 5.02 Å². The Bertz CT molecular complexity index is 577. The van der Waals surface area contributed by atoms with Gasteiger partial charge in [0.25, 0.3) is 5.91 Å². The van der Waals surface area contributed by atoms with Gasteiger partial charge in [-0.3, -0.25) is 9.59 Å². The maximum absolute atomic E-state index is 12.6. The number of rotatable bonds is 7. The molecule has 1 saturated heterocycles. The third kappa shape index (κ3) is 5.72. The van der Waals surface area contributed by atoms with Gasteiger partial charge in [-0.25, -0.2) is 0 Å². The first-order valence-corrected chi connectivity index (χ1v) is 9.48. The van der Waals surface area contributed by atoms with Crippen LogP contribution in [0.4, 0.5) is 0 Å². The van der Waals surface area contributed by atoms with Gasteiger partial charge in [-0.2, -0.15) is 0 Å². The summed E-state index contributed by atoms with van der Waals surface area (Å²) in [6.45, 7) is 3.71. The smallest absolute Gasteiger partial charge is 0.253 e. The van der Waals surface area contributed by atoms with Gasteiger partial charge >= 0.3 is 0 Å². The lowest BCUT2D eigenvalue weighted by atomic mass is 9.95. The molecule has 0 radical (unpaired) electrons. The highest BCUT2D eigenvalue weighted by molar-refractivity contribution is 6.30. The summed E-state index contributed by atoms with van der Waals surface area (Å²) in [7, 11) is 0. The topological polar surface area (TPSA) is 75.4 Å². The van der Waals surface area contributed by atoms with Crippen LogP contribution in [0.5, 0.6) is 0 Å². The van der Waals surface area contributed by atoms with Gasteiger partial charge < -0.3 is 16.0 Å². The van der Waals surface area contributed by atoms with Crippen molar-refractivity contribution in [3.05, 3.63) is 34.9 Å². The molecule has 2 atom stereocenters. The molecule has 0 aliphatic carbocycles. The Balaban J connectivity index is 1.94. The Morgan fingerprint density at radius 1 is 1.36 bits per heavy atom. The van der Waals surface area contributed by atoms with Crippen LogP contribution in [0, 0.1) is 5.92 Å². The SMILES string of the molecule is CCCCC(CN)NC(=O)C1CCCN(C(=O)c2ccc(Cl)cc2)C1. The summed E-state index contributed by atoms with van der Waals surface area (Å²) in [5, 5.41) is 3.66. The van der Waals surface area contributed by atoms with Gasteiger partial charge in [0.2, 0.25) is 5.91 Å². The van der Waals surface area contributed by atoms with Gasteiger partial charge in [0.05, 0.1) is 5.92 Å². The van der Waals surface area contributed by atoms with Crippen molar-refractivity contribution < 1.29 is 9.59 Å². The summed E-state index contributed by atoms with van der Waals surface area (Å²) >= 11 is 5.88. The molecule has 6 heteroatoms. The molecule has 1 fully saturated rings. The molecule has 5 nitrogen and oxygen atoms in total. The second kappa shape index (κ2) is 9.78. The molecule has 0 spiro atoms. The lowest BCUT2D eigenvalue weighted by Crippen LogP contribution is -2.49. The summed E-state index contributed by atoms with van der Waals surface area (Å²) in [5.74, 6) is -0.198. The van der Waals surface area contributed by atoms with Crippen LogP contribution in [-0.2, 0) is 4.79 Å². The van der Waals surface area contributed by atoms with Gasteiger partial charge in [-0.05, 0) is 43.5 Å². The van der Waals surface area contributed by atoms with Crippen LogP contribution < -0.4 is 11.1 Å². The maximum Gasteiger partial charge on any atom is 0.253 e. The fourth-order valence-corrected chi connectivity index (χ4v) is 3.30. The lowest BCUT2D eigenvalue weighted by Gasteiger charge is -2.33. The van der Waals surface area contributed by atoms with Crippen LogP contribution in [0.3, 0.4) is 0 Å². The average Bonchev–Trinajstić information content (AvgIpc) is 2.65. The van der Waals surface area contributed by atoms with E-state index in [-0.39, 0.29) is 23.8 Å². The van der Waals surface area contributed by atoms with Gasteiger partial charge in [-0.1, -0.05) is 31.4 Å². The minimum atomic E-state index is -0.166. The first-order chi connectivity index (χ1) is 12.0. The van der Waals surface area contributed by atoms with Crippen molar-refractivity contribution in [2.24, 2.45) is 11.7 Å². The first kappa shape index (κ1) is 19.7. The third-order valence-corrected chi connectivity index (χ3v) is 4.96. The zero-order valence-electron chi connectivity index (χ0n) is 14.8. The molecule has 2 rings (SSSR count). The summed E-state index contributed by atoms with van der Waals surface area (Å²) in [6, 6.07) is 6.90. The second-order valence-electron chi connectivity index (χ2n) is 6.68. The Kier molecular flexibility index (Phi) is 7.72. The van der Waals surface area contributed by atoms with Gasteiger partial charge in [-0.15, -0.1) is 0 Å². The predicted octanol–water partition coefficient (Wildman–Crippen LogP) is 2.83. The van der Waals surface area contributed by atoms with E-state index in [1.807, 2.05) is 0 Å². The Morgan fingerprint density at radius 2 is 2.08 bits per heavy atom. The van der Waals surface area contributed by atoms with Crippen molar-refractivity contribution in [3.8, 4) is 0 Å². The predicted molar refractivity (Wildman–Crippen MR) is 101 cm³/mol. The average molecular weight is 366 g/mol. The molecule has 1 aliphatic heterocycles. The van der Waals surface area contributed by atoms with E-state index in [0.717, 1.165) is 32.1 Å². The molecule has 138 valence electrons. The van der Waals surface area contributed by atoms with E-state index in [4.69, 9.17) is 17.3 Å². The third-order valence-electron chi connectivity index (χ3n) is 4.71. The minimum absolute atomic E-state index is 0.0140. The minimum Gasteiger partial charge on any atom is -0.352 e. The Morgan fingerprint density at radius 3 is 2.72 bits per heavy atom. The van der Waals surface area contributed by atoms with E-state index >= 15 is 0 Å². The fourth-order valence-electron chi connectivity index (χ4n) is 3.17. The zero-order chi connectivity index (χ0) is 18.2. The van der Waals surface area contributed by atoms with Crippen LogP contribution >= 0.6 is 11.6 Å². The lowest BCUT2D eigenvalue weighted by molar-refractivity contribution is -0.127. The maximum atomic E-state index is 12.6.